The van der Waals surface area contributed by atoms with Gasteiger partial charge in [-0.3, -0.25) is 14.9 Å². The van der Waals surface area contributed by atoms with Crippen LogP contribution >= 0.6 is 0 Å². The van der Waals surface area contributed by atoms with Crippen LogP contribution in [-0.4, -0.2) is 41.2 Å². The van der Waals surface area contributed by atoms with E-state index in [2.05, 4.69) is 0 Å². The number of ether oxygens (including phenoxy) is 1. The molecule has 2 rings (SSSR count). The highest BCUT2D eigenvalue weighted by Crippen LogP contribution is 2.36. The molecule has 1 aliphatic rings. The van der Waals surface area contributed by atoms with Crippen LogP contribution in [0.5, 0.6) is 0 Å². The van der Waals surface area contributed by atoms with Gasteiger partial charge in [0.15, 0.2) is 6.04 Å². The average Bonchev–Trinajstić information content (AvgIpc) is 2.50. The summed E-state index contributed by atoms with van der Waals surface area (Å²) in [6.07, 6.45) is 0.287. The number of carbonyl (C=O) groups excluding carboxylic acids is 2. The summed E-state index contributed by atoms with van der Waals surface area (Å²) in [6, 6.07) is 2.87. The Balaban J connectivity index is 2.38. The van der Waals surface area contributed by atoms with E-state index in [0.29, 0.717) is 4.31 Å². The molecule has 2 atom stereocenters. The molecule has 0 aromatic heterocycles. The number of non-ortho nitro benzene ring substituents is 1. The van der Waals surface area contributed by atoms with Gasteiger partial charge in [-0.25, -0.2) is 17.5 Å². The zero-order valence-corrected chi connectivity index (χ0v) is 15.6. The van der Waals surface area contributed by atoms with Crippen molar-refractivity contribution in [1.82, 2.24) is 4.31 Å². The van der Waals surface area contributed by atoms with Crippen molar-refractivity contribution in [2.45, 2.75) is 50.7 Å². The van der Waals surface area contributed by atoms with E-state index in [4.69, 9.17) is 4.74 Å². The number of sulfonamides is 1. The van der Waals surface area contributed by atoms with E-state index in [-0.39, 0.29) is 17.0 Å². The Hall–Kier alpha value is -2.49. The quantitative estimate of drug-likeness (QED) is 0.328. The van der Waals surface area contributed by atoms with E-state index in [1.54, 1.807) is 27.7 Å². The van der Waals surface area contributed by atoms with Crippen molar-refractivity contribution in [1.29, 1.82) is 0 Å². The molecule has 1 saturated heterocycles. The van der Waals surface area contributed by atoms with Crippen LogP contribution in [-0.2, 0) is 24.3 Å². The Morgan fingerprint density at radius 3 is 2.23 bits per heavy atom. The number of amides is 1. The minimum Gasteiger partial charge on any atom is -0.458 e. The minimum absolute atomic E-state index is 0.283. The lowest BCUT2D eigenvalue weighted by Gasteiger charge is -2.44. The fraction of sp³-hybridized carbons (Fsp3) is 0.500. The van der Waals surface area contributed by atoms with Crippen LogP contribution in [0.15, 0.2) is 29.2 Å². The predicted molar refractivity (Wildman–Crippen MR) is 90.5 cm³/mol. The van der Waals surface area contributed by atoms with Gasteiger partial charge in [0.1, 0.15) is 5.60 Å². The lowest BCUT2D eigenvalue weighted by molar-refractivity contribution is -0.384. The summed E-state index contributed by atoms with van der Waals surface area (Å²) in [7, 11) is -4.33. The Morgan fingerprint density at radius 2 is 1.81 bits per heavy atom. The summed E-state index contributed by atoms with van der Waals surface area (Å²) in [5.74, 6) is -2.27. The van der Waals surface area contributed by atoms with Gasteiger partial charge >= 0.3 is 5.97 Å². The highest BCUT2D eigenvalue weighted by molar-refractivity contribution is 7.89. The van der Waals surface area contributed by atoms with E-state index in [0.717, 1.165) is 24.3 Å². The van der Waals surface area contributed by atoms with E-state index >= 15 is 0 Å². The molecule has 0 N–H and O–H groups in total. The largest absolute Gasteiger partial charge is 0.458 e. The van der Waals surface area contributed by atoms with Crippen molar-refractivity contribution in [3.8, 4) is 0 Å². The molecule has 1 fully saturated rings. The third-order valence-electron chi connectivity index (χ3n) is 3.86. The van der Waals surface area contributed by atoms with Crippen LogP contribution in [0, 0.1) is 16.0 Å². The van der Waals surface area contributed by atoms with Crippen molar-refractivity contribution in [3.05, 3.63) is 34.4 Å². The van der Waals surface area contributed by atoms with Gasteiger partial charge in [-0.05, 0) is 39.3 Å². The smallest absolute Gasteiger partial charge is 0.331 e. The number of carbonyl (C=O) groups is 2. The zero-order chi connectivity index (χ0) is 19.9. The van der Waals surface area contributed by atoms with Gasteiger partial charge in [0.2, 0.25) is 5.91 Å². The standard InChI is InChI=1S/C16H20N2O7S/c1-5-12-13(15(20)25-16(2,3)4)17(14(12)19)26(23,24)11-8-6-10(7-9-11)18(21)22/h6-9,12-13H,5H2,1-4H3/t12-,13+/m1/s1. The SMILES string of the molecule is CC[C@H]1C(=O)N(S(=O)(=O)c2ccc([N+](=O)[O-])cc2)[C@@H]1C(=O)OC(C)(C)C. The second-order valence-electron chi connectivity index (χ2n) is 6.88. The van der Waals surface area contributed by atoms with Crippen LogP contribution in [0.2, 0.25) is 0 Å². The van der Waals surface area contributed by atoms with E-state index in [9.17, 15) is 28.1 Å². The predicted octanol–water partition coefficient (Wildman–Crippen LogP) is 1.86. The maximum Gasteiger partial charge on any atom is 0.331 e. The Labute approximate surface area is 151 Å². The normalized spacial score (nSPS) is 20.5. The van der Waals surface area contributed by atoms with E-state index < -0.39 is 44.4 Å². The number of nitro groups is 1. The average molecular weight is 384 g/mol. The van der Waals surface area contributed by atoms with Gasteiger partial charge in [-0.1, -0.05) is 6.92 Å². The molecule has 1 aliphatic heterocycles. The van der Waals surface area contributed by atoms with Crippen LogP contribution in [0.1, 0.15) is 34.1 Å². The lowest BCUT2D eigenvalue weighted by Crippen LogP contribution is -2.66. The Kier molecular flexibility index (Phi) is 5.09. The maximum atomic E-state index is 12.8. The molecule has 0 bridgehead atoms. The summed E-state index contributed by atoms with van der Waals surface area (Å²) in [6.45, 7) is 6.60. The van der Waals surface area contributed by atoms with Gasteiger partial charge in [-0.15, -0.1) is 0 Å². The van der Waals surface area contributed by atoms with Crippen LogP contribution in [0.25, 0.3) is 0 Å². The molecule has 1 amide bonds. The molecule has 0 radical (unpaired) electrons. The van der Waals surface area contributed by atoms with Crippen molar-refractivity contribution in [2.24, 2.45) is 5.92 Å². The third-order valence-corrected chi connectivity index (χ3v) is 5.65. The number of esters is 1. The first-order valence-corrected chi connectivity index (χ1v) is 9.39. The van der Waals surface area contributed by atoms with Gasteiger partial charge in [0.05, 0.1) is 15.7 Å². The van der Waals surface area contributed by atoms with Crippen LogP contribution in [0.4, 0.5) is 5.69 Å². The fourth-order valence-corrected chi connectivity index (χ4v) is 4.27. The molecular weight excluding hydrogens is 364 g/mol. The molecule has 142 valence electrons. The number of β-lactam (4-membered cyclic amide) rings is 1. The fourth-order valence-electron chi connectivity index (χ4n) is 2.66. The number of nitro benzene ring substituents is 1. The molecule has 1 heterocycles. The summed E-state index contributed by atoms with van der Waals surface area (Å²) >= 11 is 0. The molecule has 1 aromatic carbocycles. The molecule has 0 saturated carbocycles. The Bertz CT molecular complexity index is 840. The van der Waals surface area contributed by atoms with Crippen molar-refractivity contribution < 1.29 is 27.7 Å². The molecule has 0 unspecified atom stereocenters. The number of hydrogen-bond donors (Lipinski definition) is 0. The number of nitrogens with zero attached hydrogens (tertiary/aromatic N) is 2. The summed E-state index contributed by atoms with van der Waals surface area (Å²) < 4.78 is 31.3. The van der Waals surface area contributed by atoms with Crippen LogP contribution in [0.3, 0.4) is 0 Å². The van der Waals surface area contributed by atoms with Crippen molar-refractivity contribution in [3.63, 3.8) is 0 Å². The van der Waals surface area contributed by atoms with Crippen molar-refractivity contribution >= 4 is 27.6 Å². The monoisotopic (exact) mass is 384 g/mol. The third kappa shape index (κ3) is 3.55. The second-order valence-corrected chi connectivity index (χ2v) is 8.70. The number of benzene rings is 1. The van der Waals surface area contributed by atoms with Gasteiger partial charge in [0.25, 0.3) is 15.7 Å². The first-order valence-electron chi connectivity index (χ1n) is 7.95. The molecule has 26 heavy (non-hydrogen) atoms. The Morgan fingerprint density at radius 1 is 1.27 bits per heavy atom. The molecule has 1 aromatic rings. The van der Waals surface area contributed by atoms with E-state index in [1.807, 2.05) is 0 Å². The first-order chi connectivity index (χ1) is 11.9. The molecule has 0 aliphatic carbocycles. The van der Waals surface area contributed by atoms with Gasteiger partial charge < -0.3 is 4.74 Å². The summed E-state index contributed by atoms with van der Waals surface area (Å²) in [5, 5.41) is 10.7. The van der Waals surface area contributed by atoms with Gasteiger partial charge in [-0.2, -0.15) is 0 Å². The van der Waals surface area contributed by atoms with Crippen LogP contribution < -0.4 is 0 Å². The first kappa shape index (κ1) is 19.8. The highest BCUT2D eigenvalue weighted by Gasteiger charge is 2.57. The molecule has 10 heteroatoms. The number of hydrogen-bond acceptors (Lipinski definition) is 7. The lowest BCUT2D eigenvalue weighted by atomic mass is 9.88. The van der Waals surface area contributed by atoms with Crippen molar-refractivity contribution in [2.75, 3.05) is 0 Å². The minimum atomic E-state index is -4.33. The molecule has 0 spiro atoms. The number of rotatable bonds is 5. The molecule has 9 nitrogen and oxygen atoms in total. The maximum absolute atomic E-state index is 12.8. The highest BCUT2D eigenvalue weighted by atomic mass is 32.2. The topological polar surface area (TPSA) is 124 Å². The summed E-state index contributed by atoms with van der Waals surface area (Å²) in [5.41, 5.74) is -1.12. The zero-order valence-electron chi connectivity index (χ0n) is 14.8. The van der Waals surface area contributed by atoms with Gasteiger partial charge in [0, 0.05) is 12.1 Å². The van der Waals surface area contributed by atoms with E-state index in [1.165, 1.54) is 0 Å². The summed E-state index contributed by atoms with van der Waals surface area (Å²) in [4.78, 5) is 34.4. The second kappa shape index (κ2) is 6.67. The molecular formula is C16H20N2O7S.